The molecule has 6 nitrogen and oxygen atoms in total. The minimum atomic E-state index is -4.47. The lowest BCUT2D eigenvalue weighted by atomic mass is 9.89. The zero-order chi connectivity index (χ0) is 21.7. The number of hydrogen-bond acceptors (Lipinski definition) is 4. The molecular weight excluding hydrogens is 406 g/mol. The fourth-order valence-electron chi connectivity index (χ4n) is 3.59. The van der Waals surface area contributed by atoms with Gasteiger partial charge in [0, 0.05) is 12.7 Å². The monoisotopic (exact) mass is 423 g/mol. The molecule has 0 radical (unpaired) electrons. The summed E-state index contributed by atoms with van der Waals surface area (Å²) in [6, 6.07) is 5.60. The molecule has 3 heterocycles. The van der Waals surface area contributed by atoms with Crippen LogP contribution >= 0.6 is 0 Å². The van der Waals surface area contributed by atoms with Crippen LogP contribution in [-0.4, -0.2) is 47.0 Å². The first kappa shape index (κ1) is 20.3. The standard InChI is InChI=1S/C20H17F4N3O3/c1-12-6-15(21)17(25-7-12)26-9-16(28)27(19(18(26)29)10-30-11-19)8-13-2-4-14(5-3-13)20(22,23)24/h2-7H,8-11H2,1H3. The number of piperazine rings is 1. The molecule has 0 N–H and O–H groups in total. The molecule has 30 heavy (non-hydrogen) atoms. The Labute approximate surface area is 169 Å². The maximum absolute atomic E-state index is 14.4. The Morgan fingerprint density at radius 1 is 1.17 bits per heavy atom. The van der Waals surface area contributed by atoms with E-state index in [0.29, 0.717) is 11.1 Å². The number of nitrogens with zero attached hydrogens (tertiary/aromatic N) is 3. The van der Waals surface area contributed by atoms with Gasteiger partial charge in [-0.25, -0.2) is 9.37 Å². The molecule has 0 unspecified atom stereocenters. The Balaban J connectivity index is 1.62. The highest BCUT2D eigenvalue weighted by atomic mass is 19.4. The number of benzene rings is 1. The van der Waals surface area contributed by atoms with Gasteiger partial charge in [0.2, 0.25) is 5.91 Å². The second-order valence-corrected chi connectivity index (χ2v) is 7.41. The molecule has 2 fully saturated rings. The van der Waals surface area contributed by atoms with E-state index in [1.165, 1.54) is 29.3 Å². The van der Waals surface area contributed by atoms with Crippen LogP contribution in [0.25, 0.3) is 0 Å². The first-order chi connectivity index (χ1) is 14.1. The molecule has 0 saturated carbocycles. The van der Waals surface area contributed by atoms with Gasteiger partial charge in [-0.1, -0.05) is 12.1 Å². The summed E-state index contributed by atoms with van der Waals surface area (Å²) in [6.45, 7) is 0.998. The van der Waals surface area contributed by atoms with Gasteiger partial charge in [0.05, 0.1) is 18.8 Å². The fourth-order valence-corrected chi connectivity index (χ4v) is 3.59. The van der Waals surface area contributed by atoms with Crippen LogP contribution in [0.3, 0.4) is 0 Å². The Kier molecular flexibility index (Phi) is 4.76. The zero-order valence-electron chi connectivity index (χ0n) is 15.9. The third-order valence-corrected chi connectivity index (χ3v) is 5.27. The number of rotatable bonds is 3. The maximum atomic E-state index is 14.4. The van der Waals surface area contributed by atoms with E-state index in [1.54, 1.807) is 6.92 Å². The van der Waals surface area contributed by atoms with Gasteiger partial charge in [0.25, 0.3) is 5.91 Å². The Hall–Kier alpha value is -3.01. The Morgan fingerprint density at radius 3 is 2.37 bits per heavy atom. The van der Waals surface area contributed by atoms with E-state index in [-0.39, 0.29) is 25.6 Å². The molecule has 4 rings (SSSR count). The van der Waals surface area contributed by atoms with E-state index in [4.69, 9.17) is 4.74 Å². The second kappa shape index (κ2) is 7.05. The van der Waals surface area contributed by atoms with Crippen molar-refractivity contribution in [1.29, 1.82) is 0 Å². The first-order valence-electron chi connectivity index (χ1n) is 9.10. The van der Waals surface area contributed by atoms with Gasteiger partial charge in [0.1, 0.15) is 6.54 Å². The number of carbonyl (C=O) groups excluding carboxylic acids is 2. The molecule has 2 amide bonds. The van der Waals surface area contributed by atoms with E-state index in [2.05, 4.69) is 4.98 Å². The minimum absolute atomic E-state index is 0.0658. The lowest BCUT2D eigenvalue weighted by Gasteiger charge is -2.52. The summed E-state index contributed by atoms with van der Waals surface area (Å²) in [5.74, 6) is -1.96. The molecule has 2 aliphatic heterocycles. The predicted molar refractivity (Wildman–Crippen MR) is 96.8 cm³/mol. The highest BCUT2D eigenvalue weighted by molar-refractivity contribution is 6.09. The van der Waals surface area contributed by atoms with Crippen molar-refractivity contribution in [2.45, 2.75) is 25.2 Å². The Morgan fingerprint density at radius 2 is 1.83 bits per heavy atom. The summed E-state index contributed by atoms with van der Waals surface area (Å²) in [4.78, 5) is 32.3. The summed E-state index contributed by atoms with van der Waals surface area (Å²) in [6.07, 6.45) is -3.07. The average Bonchev–Trinajstić information content (AvgIpc) is 2.63. The van der Waals surface area contributed by atoms with E-state index < -0.39 is 41.5 Å². The number of carbonyl (C=O) groups is 2. The van der Waals surface area contributed by atoms with Crippen molar-refractivity contribution in [1.82, 2.24) is 9.88 Å². The lowest BCUT2D eigenvalue weighted by molar-refractivity contribution is -0.184. The largest absolute Gasteiger partial charge is 0.416 e. The second-order valence-electron chi connectivity index (χ2n) is 7.41. The van der Waals surface area contributed by atoms with Gasteiger partial charge in [-0.05, 0) is 36.2 Å². The van der Waals surface area contributed by atoms with E-state index in [1.807, 2.05) is 0 Å². The molecule has 2 aromatic rings. The van der Waals surface area contributed by atoms with Crippen molar-refractivity contribution >= 4 is 17.6 Å². The normalized spacial score (nSPS) is 18.7. The number of hydrogen-bond donors (Lipinski definition) is 0. The van der Waals surface area contributed by atoms with Crippen molar-refractivity contribution < 1.29 is 31.9 Å². The zero-order valence-corrected chi connectivity index (χ0v) is 15.9. The minimum Gasteiger partial charge on any atom is -0.375 e. The molecule has 1 aromatic heterocycles. The lowest BCUT2D eigenvalue weighted by Crippen LogP contribution is -2.76. The molecule has 0 aliphatic carbocycles. The smallest absolute Gasteiger partial charge is 0.375 e. The highest BCUT2D eigenvalue weighted by Crippen LogP contribution is 2.36. The summed E-state index contributed by atoms with van der Waals surface area (Å²) in [5.41, 5.74) is -1.14. The van der Waals surface area contributed by atoms with E-state index in [9.17, 15) is 27.2 Å². The molecular formula is C20H17F4N3O3. The summed E-state index contributed by atoms with van der Waals surface area (Å²) in [5, 5.41) is 0. The van der Waals surface area contributed by atoms with Crippen LogP contribution in [0.1, 0.15) is 16.7 Å². The summed E-state index contributed by atoms with van der Waals surface area (Å²) < 4.78 is 57.9. The first-order valence-corrected chi connectivity index (χ1v) is 9.10. The number of halogens is 4. The molecule has 1 spiro atoms. The van der Waals surface area contributed by atoms with Crippen LogP contribution in [-0.2, 0) is 27.0 Å². The number of aromatic nitrogens is 1. The Bertz CT molecular complexity index is 1000. The van der Waals surface area contributed by atoms with Crippen LogP contribution in [0.4, 0.5) is 23.4 Å². The summed E-state index contributed by atoms with van der Waals surface area (Å²) >= 11 is 0. The maximum Gasteiger partial charge on any atom is 0.416 e. The van der Waals surface area contributed by atoms with Crippen LogP contribution in [0.15, 0.2) is 36.5 Å². The molecule has 2 aliphatic rings. The average molecular weight is 423 g/mol. The number of amides is 2. The number of anilines is 1. The third kappa shape index (κ3) is 3.30. The van der Waals surface area contributed by atoms with Crippen LogP contribution in [0.5, 0.6) is 0 Å². The third-order valence-electron chi connectivity index (χ3n) is 5.27. The van der Waals surface area contributed by atoms with Crippen molar-refractivity contribution in [3.05, 3.63) is 59.0 Å². The molecule has 10 heteroatoms. The van der Waals surface area contributed by atoms with Crippen molar-refractivity contribution in [2.24, 2.45) is 0 Å². The van der Waals surface area contributed by atoms with Gasteiger partial charge in [-0.3, -0.25) is 14.5 Å². The number of aryl methyl sites for hydroxylation is 1. The topological polar surface area (TPSA) is 62.7 Å². The van der Waals surface area contributed by atoms with E-state index in [0.717, 1.165) is 17.0 Å². The van der Waals surface area contributed by atoms with Crippen molar-refractivity contribution in [3.63, 3.8) is 0 Å². The van der Waals surface area contributed by atoms with Crippen LogP contribution < -0.4 is 4.90 Å². The quantitative estimate of drug-likeness (QED) is 0.713. The number of ether oxygens (including phenoxy) is 1. The SMILES string of the molecule is Cc1cnc(N2CC(=O)N(Cc3ccc(C(F)(F)F)cc3)C3(COC3)C2=O)c(F)c1. The van der Waals surface area contributed by atoms with Crippen molar-refractivity contribution in [2.75, 3.05) is 24.7 Å². The van der Waals surface area contributed by atoms with Gasteiger partial charge in [-0.15, -0.1) is 0 Å². The van der Waals surface area contributed by atoms with Crippen molar-refractivity contribution in [3.8, 4) is 0 Å². The van der Waals surface area contributed by atoms with Gasteiger partial charge in [-0.2, -0.15) is 13.2 Å². The molecule has 0 bridgehead atoms. The summed E-state index contributed by atoms with van der Waals surface area (Å²) in [7, 11) is 0. The molecule has 158 valence electrons. The number of alkyl halides is 3. The molecule has 0 atom stereocenters. The van der Waals surface area contributed by atoms with Gasteiger partial charge in [0.15, 0.2) is 17.2 Å². The van der Waals surface area contributed by atoms with E-state index >= 15 is 0 Å². The van der Waals surface area contributed by atoms with Gasteiger partial charge < -0.3 is 9.64 Å². The number of pyridine rings is 1. The predicted octanol–water partition coefficient (Wildman–Crippen LogP) is 2.69. The van der Waals surface area contributed by atoms with Crippen LogP contribution in [0.2, 0.25) is 0 Å². The van der Waals surface area contributed by atoms with Crippen LogP contribution in [0, 0.1) is 12.7 Å². The highest BCUT2D eigenvalue weighted by Gasteiger charge is 2.58. The van der Waals surface area contributed by atoms with Gasteiger partial charge >= 0.3 is 6.18 Å². The molecule has 2 saturated heterocycles. The fraction of sp³-hybridized carbons (Fsp3) is 0.350. The molecule has 1 aromatic carbocycles.